The van der Waals surface area contributed by atoms with Crippen LogP contribution in [0.3, 0.4) is 0 Å². The van der Waals surface area contributed by atoms with Crippen molar-refractivity contribution < 1.29 is 19.1 Å². The average molecular weight is 537 g/mol. The van der Waals surface area contributed by atoms with E-state index in [1.54, 1.807) is 18.2 Å². The van der Waals surface area contributed by atoms with E-state index >= 15 is 0 Å². The molecule has 1 aliphatic rings. The smallest absolute Gasteiger partial charge is 0.293 e. The number of methoxy groups -OCH3 is 1. The number of nitrogens with zero attached hydrogens (tertiary/aromatic N) is 1. The summed E-state index contributed by atoms with van der Waals surface area (Å²) < 4.78 is 12.6. The van der Waals surface area contributed by atoms with E-state index in [0.717, 1.165) is 26.3 Å². The van der Waals surface area contributed by atoms with Gasteiger partial charge >= 0.3 is 0 Å². The lowest BCUT2D eigenvalue weighted by Crippen LogP contribution is -2.27. The van der Waals surface area contributed by atoms with Crippen LogP contribution in [0, 0.1) is 12.3 Å². The first-order valence-corrected chi connectivity index (χ1v) is 10.8. The summed E-state index contributed by atoms with van der Waals surface area (Å²) in [5.41, 5.74) is 1.44. The zero-order valence-corrected chi connectivity index (χ0v) is 19.3. The number of carbonyl (C=O) groups is 2. The molecule has 1 heterocycles. The van der Waals surface area contributed by atoms with Crippen LogP contribution in [0.2, 0.25) is 0 Å². The van der Waals surface area contributed by atoms with Gasteiger partial charge in [-0.05, 0) is 47.7 Å². The summed E-state index contributed by atoms with van der Waals surface area (Å²) in [4.78, 5) is 26.8. The molecule has 3 rings (SSSR count). The fourth-order valence-electron chi connectivity index (χ4n) is 2.67. The molecule has 8 heteroatoms. The van der Waals surface area contributed by atoms with E-state index in [0.29, 0.717) is 22.0 Å². The fraction of sp³-hybridized carbons (Fsp3) is 0.143. The van der Waals surface area contributed by atoms with Crippen molar-refractivity contribution in [1.29, 1.82) is 0 Å². The van der Waals surface area contributed by atoms with Crippen molar-refractivity contribution in [3.8, 4) is 23.8 Å². The van der Waals surface area contributed by atoms with Gasteiger partial charge in [-0.15, -0.1) is 6.42 Å². The van der Waals surface area contributed by atoms with Crippen LogP contribution in [-0.4, -0.2) is 29.8 Å². The first-order chi connectivity index (χ1) is 13.9. The van der Waals surface area contributed by atoms with Gasteiger partial charge in [-0.2, -0.15) is 0 Å². The number of thioether (sulfide) groups is 1. The van der Waals surface area contributed by atoms with Crippen LogP contribution in [0.1, 0.15) is 11.1 Å². The third-order valence-corrected chi connectivity index (χ3v) is 5.88. The Hall–Kier alpha value is -2.21. The van der Waals surface area contributed by atoms with Crippen LogP contribution in [0.4, 0.5) is 4.79 Å². The average Bonchev–Trinajstić information content (AvgIpc) is 2.95. The fourth-order valence-corrected chi connectivity index (χ4v) is 4.21. The maximum atomic E-state index is 12.8. The number of ether oxygens (including phenoxy) is 2. The third-order valence-electron chi connectivity index (χ3n) is 3.98. The van der Waals surface area contributed by atoms with Crippen molar-refractivity contribution in [2.45, 2.75) is 6.54 Å². The molecule has 2 aromatic carbocycles. The minimum atomic E-state index is -0.357. The molecule has 0 aliphatic carbocycles. The zero-order chi connectivity index (χ0) is 21.0. The van der Waals surface area contributed by atoms with Gasteiger partial charge in [0.05, 0.1) is 18.6 Å². The Morgan fingerprint density at radius 1 is 1.17 bits per heavy atom. The molecular formula is C21H15Br2NO4S. The number of halogens is 2. The van der Waals surface area contributed by atoms with Crippen LogP contribution in [0.5, 0.6) is 11.5 Å². The van der Waals surface area contributed by atoms with Gasteiger partial charge in [-0.3, -0.25) is 14.5 Å². The van der Waals surface area contributed by atoms with Crippen LogP contribution < -0.4 is 9.47 Å². The third kappa shape index (κ3) is 5.04. The van der Waals surface area contributed by atoms with Gasteiger partial charge in [0.1, 0.15) is 6.61 Å². The van der Waals surface area contributed by atoms with Crippen LogP contribution in [-0.2, 0) is 11.3 Å². The Labute approximate surface area is 189 Å². The second-order valence-electron chi connectivity index (χ2n) is 5.91. The van der Waals surface area contributed by atoms with Gasteiger partial charge in [-0.1, -0.05) is 49.9 Å². The molecule has 0 spiro atoms. The lowest BCUT2D eigenvalue weighted by molar-refractivity contribution is -0.123. The van der Waals surface area contributed by atoms with E-state index in [4.69, 9.17) is 15.9 Å². The van der Waals surface area contributed by atoms with Gasteiger partial charge in [0.2, 0.25) is 0 Å². The van der Waals surface area contributed by atoms with Crippen molar-refractivity contribution in [1.82, 2.24) is 4.90 Å². The van der Waals surface area contributed by atoms with Crippen LogP contribution in [0.25, 0.3) is 6.08 Å². The van der Waals surface area contributed by atoms with Crippen LogP contribution in [0.15, 0.2) is 50.2 Å². The topological polar surface area (TPSA) is 55.8 Å². The number of imide groups is 1. The highest BCUT2D eigenvalue weighted by molar-refractivity contribution is 9.10. The molecule has 0 saturated carbocycles. The van der Waals surface area contributed by atoms with Crippen molar-refractivity contribution in [3.05, 3.63) is 61.4 Å². The molecule has 5 nitrogen and oxygen atoms in total. The molecule has 0 atom stereocenters. The van der Waals surface area contributed by atoms with Crippen LogP contribution >= 0.6 is 43.6 Å². The predicted octanol–water partition coefficient (Wildman–Crippen LogP) is 5.47. The largest absolute Gasteiger partial charge is 0.493 e. The number of amides is 2. The van der Waals surface area contributed by atoms with E-state index in [1.165, 1.54) is 12.0 Å². The molecule has 1 saturated heterocycles. The number of benzene rings is 2. The highest BCUT2D eigenvalue weighted by Crippen LogP contribution is 2.39. The molecule has 0 unspecified atom stereocenters. The normalized spacial score (nSPS) is 15.0. The van der Waals surface area contributed by atoms with Gasteiger partial charge < -0.3 is 9.47 Å². The molecule has 148 valence electrons. The van der Waals surface area contributed by atoms with E-state index in [-0.39, 0.29) is 24.3 Å². The molecular weight excluding hydrogens is 522 g/mol. The van der Waals surface area contributed by atoms with Crippen molar-refractivity contribution >= 4 is 60.8 Å². The Morgan fingerprint density at radius 3 is 2.55 bits per heavy atom. The monoisotopic (exact) mass is 535 g/mol. The van der Waals surface area contributed by atoms with Gasteiger partial charge in [0.15, 0.2) is 11.5 Å². The number of hydrogen-bond donors (Lipinski definition) is 0. The lowest BCUT2D eigenvalue weighted by atomic mass is 10.1. The summed E-state index contributed by atoms with van der Waals surface area (Å²) in [5.74, 6) is 2.93. The Balaban J connectivity index is 1.92. The molecule has 29 heavy (non-hydrogen) atoms. The molecule has 1 fully saturated rings. The summed E-state index contributed by atoms with van der Waals surface area (Å²) in [7, 11) is 1.51. The Bertz CT molecular complexity index is 1030. The maximum Gasteiger partial charge on any atom is 0.293 e. The number of rotatable bonds is 6. The molecule has 1 aliphatic heterocycles. The Kier molecular flexibility index (Phi) is 7.06. The first kappa shape index (κ1) is 21.5. The number of terminal acetylenes is 1. The minimum Gasteiger partial charge on any atom is -0.493 e. The van der Waals surface area contributed by atoms with Gasteiger partial charge in [0, 0.05) is 14.5 Å². The van der Waals surface area contributed by atoms with Crippen molar-refractivity contribution in [2.24, 2.45) is 0 Å². The van der Waals surface area contributed by atoms with Crippen molar-refractivity contribution in [3.63, 3.8) is 0 Å². The minimum absolute atomic E-state index is 0.0455. The molecule has 0 radical (unpaired) electrons. The standard InChI is InChI=1S/C21H15Br2NO4S/c1-3-8-28-19-14(9-16(23)11-17(19)27-2)10-18-20(25)24(21(26)29-18)12-13-4-6-15(22)7-5-13/h1,4-7,9-11H,8,12H2,2H3/b18-10+. The summed E-state index contributed by atoms with van der Waals surface area (Å²) >= 11 is 7.68. The Morgan fingerprint density at radius 2 is 1.90 bits per heavy atom. The summed E-state index contributed by atoms with van der Waals surface area (Å²) in [6.07, 6.45) is 6.92. The SMILES string of the molecule is C#CCOc1c(/C=C2/SC(=O)N(Cc3ccc(Br)cc3)C2=O)cc(Br)cc1OC. The highest BCUT2D eigenvalue weighted by Gasteiger charge is 2.35. The van der Waals surface area contributed by atoms with E-state index < -0.39 is 0 Å². The van der Waals surface area contributed by atoms with Gasteiger partial charge in [-0.25, -0.2) is 0 Å². The maximum absolute atomic E-state index is 12.8. The predicted molar refractivity (Wildman–Crippen MR) is 121 cm³/mol. The zero-order valence-electron chi connectivity index (χ0n) is 15.3. The lowest BCUT2D eigenvalue weighted by Gasteiger charge is -2.13. The summed E-state index contributed by atoms with van der Waals surface area (Å²) in [6, 6.07) is 11.0. The first-order valence-electron chi connectivity index (χ1n) is 8.36. The van der Waals surface area contributed by atoms with E-state index in [2.05, 4.69) is 37.8 Å². The number of carbonyl (C=O) groups excluding carboxylic acids is 2. The highest BCUT2D eigenvalue weighted by atomic mass is 79.9. The summed E-state index contributed by atoms with van der Waals surface area (Å²) in [6.45, 7) is 0.251. The molecule has 2 aromatic rings. The van der Waals surface area contributed by atoms with Crippen molar-refractivity contribution in [2.75, 3.05) is 13.7 Å². The molecule has 0 N–H and O–H groups in total. The molecule has 0 bridgehead atoms. The quantitative estimate of drug-likeness (QED) is 0.362. The molecule has 2 amide bonds. The van der Waals surface area contributed by atoms with Gasteiger partial charge in [0.25, 0.3) is 11.1 Å². The summed E-state index contributed by atoms with van der Waals surface area (Å²) in [5, 5.41) is -0.322. The van der Waals surface area contributed by atoms with E-state index in [9.17, 15) is 9.59 Å². The second-order valence-corrected chi connectivity index (χ2v) is 8.74. The second kappa shape index (κ2) is 9.53. The molecule has 0 aromatic heterocycles. The van der Waals surface area contributed by atoms with E-state index in [1.807, 2.05) is 24.3 Å². The number of hydrogen-bond acceptors (Lipinski definition) is 5.